The van der Waals surface area contributed by atoms with Crippen LogP contribution < -0.4 is 21.2 Å². The Labute approximate surface area is 169 Å². The van der Waals surface area contributed by atoms with Crippen molar-refractivity contribution in [2.45, 2.75) is 12.7 Å². The lowest BCUT2D eigenvalue weighted by atomic mass is 10.2. The molecule has 2 aromatic heterocycles. The fourth-order valence-corrected chi connectivity index (χ4v) is 3.66. The van der Waals surface area contributed by atoms with Gasteiger partial charge in [-0.3, -0.25) is 4.99 Å². The molecule has 1 aliphatic heterocycles. The number of nitrogens with two attached hydrogens (primary N) is 1. The standard InChI is InChI=1S/C20H15ClFN7/c21-14-3-1-2-4-16(14)29-8-12-5-6-13(22)7-15(12)27-17(29)9-28-11-26-18-19(23)24-10-25-20(18)28/h1-8,10-11,17H,9H2,(H2,23,24,25). The molecule has 29 heavy (non-hydrogen) atoms. The summed E-state index contributed by atoms with van der Waals surface area (Å²) in [6.45, 7) is 0.407. The van der Waals surface area contributed by atoms with Gasteiger partial charge in [-0.1, -0.05) is 23.7 Å². The molecule has 144 valence electrons. The molecule has 4 aromatic rings. The molecule has 0 fully saturated rings. The van der Waals surface area contributed by atoms with Gasteiger partial charge in [0.15, 0.2) is 11.5 Å². The largest absolute Gasteiger partial charge is 0.382 e. The van der Waals surface area contributed by atoms with Crippen molar-refractivity contribution in [3.05, 3.63) is 76.5 Å². The van der Waals surface area contributed by atoms with Crippen molar-refractivity contribution in [2.75, 3.05) is 10.6 Å². The van der Waals surface area contributed by atoms with Gasteiger partial charge >= 0.3 is 0 Å². The summed E-state index contributed by atoms with van der Waals surface area (Å²) >= 11 is 6.45. The minimum Gasteiger partial charge on any atom is -0.382 e. The summed E-state index contributed by atoms with van der Waals surface area (Å²) in [6, 6.07) is 12.1. The number of anilines is 2. The zero-order valence-electron chi connectivity index (χ0n) is 15.1. The van der Waals surface area contributed by atoms with Gasteiger partial charge in [0.1, 0.15) is 23.8 Å². The number of imidazole rings is 1. The van der Waals surface area contributed by atoms with Crippen LogP contribution in [0.5, 0.6) is 0 Å². The number of halogens is 2. The summed E-state index contributed by atoms with van der Waals surface area (Å²) in [6.07, 6.45) is 4.58. The van der Waals surface area contributed by atoms with E-state index in [1.807, 2.05) is 39.9 Å². The Morgan fingerprint density at radius 3 is 2.83 bits per heavy atom. The molecule has 7 nitrogen and oxygen atoms in total. The number of nitrogen functional groups attached to an aromatic ring is 1. The van der Waals surface area contributed by atoms with E-state index in [4.69, 9.17) is 22.3 Å². The molecule has 9 heteroatoms. The van der Waals surface area contributed by atoms with Gasteiger partial charge in [-0.15, -0.1) is 0 Å². The molecule has 1 atom stereocenters. The summed E-state index contributed by atoms with van der Waals surface area (Å²) in [5.41, 5.74) is 7.84. The third-order valence-corrected chi connectivity index (χ3v) is 5.12. The van der Waals surface area contributed by atoms with Gasteiger partial charge in [0.2, 0.25) is 0 Å². The molecule has 0 amide bonds. The molecule has 1 aliphatic rings. The highest BCUT2D eigenvalue weighted by Gasteiger charge is 2.23. The maximum atomic E-state index is 13.8. The minimum absolute atomic E-state index is 0.316. The number of aromatic nitrogens is 4. The van der Waals surface area contributed by atoms with Gasteiger partial charge < -0.3 is 15.2 Å². The molecule has 5 rings (SSSR count). The SMILES string of the molecule is Nc1ncnc2c1ncn2CC1N=c2cc(F)ccc2=CN1c1ccccc1Cl. The van der Waals surface area contributed by atoms with E-state index in [0.29, 0.717) is 33.9 Å². The van der Waals surface area contributed by atoms with Crippen LogP contribution >= 0.6 is 11.6 Å². The summed E-state index contributed by atoms with van der Waals surface area (Å²) < 4.78 is 15.6. The van der Waals surface area contributed by atoms with Crippen molar-refractivity contribution in [2.24, 2.45) is 4.99 Å². The second kappa shape index (κ2) is 6.82. The van der Waals surface area contributed by atoms with E-state index >= 15 is 0 Å². The predicted octanol–water partition coefficient (Wildman–Crippen LogP) is 2.11. The normalized spacial score (nSPS) is 15.7. The van der Waals surface area contributed by atoms with Gasteiger partial charge in [-0.2, -0.15) is 0 Å². The van der Waals surface area contributed by atoms with Crippen LogP contribution in [-0.2, 0) is 6.54 Å². The molecule has 1 unspecified atom stereocenters. The first-order valence-corrected chi connectivity index (χ1v) is 9.27. The summed E-state index contributed by atoms with van der Waals surface area (Å²) in [5, 5.41) is 1.98. The molecule has 0 radical (unpaired) electrons. The number of benzene rings is 2. The molecular formula is C20H15ClFN7. The topological polar surface area (TPSA) is 85.2 Å². The summed E-state index contributed by atoms with van der Waals surface area (Å²) in [7, 11) is 0. The highest BCUT2D eigenvalue weighted by Crippen LogP contribution is 2.29. The van der Waals surface area contributed by atoms with Crippen molar-refractivity contribution in [1.82, 2.24) is 19.5 Å². The Kier molecular flexibility index (Phi) is 4.13. The smallest absolute Gasteiger partial charge is 0.165 e. The van der Waals surface area contributed by atoms with E-state index in [-0.39, 0.29) is 5.82 Å². The van der Waals surface area contributed by atoms with E-state index < -0.39 is 6.17 Å². The number of nitrogens with zero attached hydrogens (tertiary/aromatic N) is 6. The maximum Gasteiger partial charge on any atom is 0.165 e. The molecule has 0 spiro atoms. The highest BCUT2D eigenvalue weighted by atomic mass is 35.5. The quantitative estimate of drug-likeness (QED) is 0.562. The first-order chi connectivity index (χ1) is 14.1. The lowest BCUT2D eigenvalue weighted by molar-refractivity contribution is 0.554. The zero-order chi connectivity index (χ0) is 20.0. The number of rotatable bonds is 3. The summed E-state index contributed by atoms with van der Waals surface area (Å²) in [5.74, 6) is -0.0179. The fourth-order valence-electron chi connectivity index (χ4n) is 3.42. The van der Waals surface area contributed by atoms with Crippen molar-refractivity contribution < 1.29 is 4.39 Å². The van der Waals surface area contributed by atoms with Gasteiger partial charge in [0.25, 0.3) is 0 Å². The first-order valence-electron chi connectivity index (χ1n) is 8.89. The Bertz CT molecular complexity index is 1350. The summed E-state index contributed by atoms with van der Waals surface area (Å²) in [4.78, 5) is 19.3. The number of fused-ring (bicyclic) bond motifs is 2. The van der Waals surface area contributed by atoms with E-state index in [1.54, 1.807) is 12.4 Å². The lowest BCUT2D eigenvalue weighted by Gasteiger charge is -2.31. The Morgan fingerprint density at radius 2 is 1.97 bits per heavy atom. The number of para-hydroxylation sites is 1. The van der Waals surface area contributed by atoms with Crippen LogP contribution in [0.4, 0.5) is 15.9 Å². The van der Waals surface area contributed by atoms with Gasteiger partial charge in [-0.05, 0) is 30.3 Å². The van der Waals surface area contributed by atoms with Crippen molar-refractivity contribution in [3.8, 4) is 0 Å². The van der Waals surface area contributed by atoms with E-state index in [1.165, 1.54) is 18.5 Å². The highest BCUT2D eigenvalue weighted by molar-refractivity contribution is 6.33. The van der Waals surface area contributed by atoms with Crippen LogP contribution in [0.1, 0.15) is 0 Å². The van der Waals surface area contributed by atoms with Crippen LogP contribution in [0, 0.1) is 5.82 Å². The Balaban J connectivity index is 1.65. The Morgan fingerprint density at radius 1 is 1.10 bits per heavy atom. The number of hydrogen-bond donors (Lipinski definition) is 1. The molecule has 2 aromatic carbocycles. The van der Waals surface area contributed by atoms with Gasteiger partial charge in [0, 0.05) is 11.4 Å². The molecule has 0 aliphatic carbocycles. The van der Waals surface area contributed by atoms with Crippen LogP contribution in [0.3, 0.4) is 0 Å². The van der Waals surface area contributed by atoms with Gasteiger partial charge in [0.05, 0.1) is 28.9 Å². The van der Waals surface area contributed by atoms with E-state index in [9.17, 15) is 4.39 Å². The van der Waals surface area contributed by atoms with Crippen molar-refractivity contribution in [1.29, 1.82) is 0 Å². The van der Waals surface area contributed by atoms with E-state index in [2.05, 4.69) is 15.0 Å². The monoisotopic (exact) mass is 407 g/mol. The van der Waals surface area contributed by atoms with Crippen LogP contribution in [-0.4, -0.2) is 25.7 Å². The average molecular weight is 408 g/mol. The van der Waals surface area contributed by atoms with Crippen LogP contribution in [0.2, 0.25) is 5.02 Å². The van der Waals surface area contributed by atoms with Crippen LogP contribution in [0.15, 0.2) is 60.1 Å². The van der Waals surface area contributed by atoms with Crippen molar-refractivity contribution in [3.63, 3.8) is 0 Å². The second-order valence-electron chi connectivity index (χ2n) is 6.63. The van der Waals surface area contributed by atoms with E-state index in [0.717, 1.165) is 10.9 Å². The van der Waals surface area contributed by atoms with Gasteiger partial charge in [-0.25, -0.2) is 19.3 Å². The maximum absolute atomic E-state index is 13.8. The lowest BCUT2D eigenvalue weighted by Crippen LogP contribution is -2.44. The first kappa shape index (κ1) is 17.6. The van der Waals surface area contributed by atoms with Crippen LogP contribution in [0.25, 0.3) is 17.4 Å². The molecule has 0 saturated heterocycles. The number of hydrogen-bond acceptors (Lipinski definition) is 6. The molecular weight excluding hydrogens is 393 g/mol. The molecule has 0 saturated carbocycles. The minimum atomic E-state index is -0.391. The second-order valence-corrected chi connectivity index (χ2v) is 7.04. The molecule has 0 bridgehead atoms. The third-order valence-electron chi connectivity index (χ3n) is 4.80. The average Bonchev–Trinajstić information content (AvgIpc) is 3.12. The zero-order valence-corrected chi connectivity index (χ0v) is 15.8. The molecule has 2 N–H and O–H groups in total. The fraction of sp³-hybridized carbons (Fsp3) is 0.100. The molecule has 3 heterocycles. The Hall–Kier alpha value is -3.52. The predicted molar refractivity (Wildman–Crippen MR) is 109 cm³/mol. The third kappa shape index (κ3) is 3.07. The van der Waals surface area contributed by atoms with Crippen molar-refractivity contribution >= 4 is 40.5 Å².